The normalized spacial score (nSPS) is 15.3. The Hall–Kier alpha value is -1.51. The molecule has 1 amide bonds. The van der Waals surface area contributed by atoms with Gasteiger partial charge >= 0.3 is 0 Å². The fourth-order valence-corrected chi connectivity index (χ4v) is 1.55. The van der Waals surface area contributed by atoms with Crippen molar-refractivity contribution in [3.63, 3.8) is 0 Å². The summed E-state index contributed by atoms with van der Waals surface area (Å²) in [4.78, 5) is 11.2. The third-order valence-electron chi connectivity index (χ3n) is 2.48. The summed E-state index contributed by atoms with van der Waals surface area (Å²) >= 11 is 0. The van der Waals surface area contributed by atoms with Crippen LogP contribution in [-0.4, -0.2) is 12.5 Å². The topological polar surface area (TPSA) is 38.3 Å². The maximum absolute atomic E-state index is 11.2. The average Bonchev–Trinajstić information content (AvgIpc) is 2.15. The van der Waals surface area contributed by atoms with Gasteiger partial charge in [0, 0.05) is 1.43 Å². The molecule has 15 heavy (non-hydrogen) atoms. The van der Waals surface area contributed by atoms with Crippen LogP contribution in [0.2, 0.25) is 0 Å². The van der Waals surface area contributed by atoms with Crippen LogP contribution in [0.15, 0.2) is 18.2 Å². The zero-order valence-corrected chi connectivity index (χ0v) is 9.26. The van der Waals surface area contributed by atoms with Crippen LogP contribution < -0.4 is 10.1 Å². The van der Waals surface area contributed by atoms with E-state index in [0.29, 0.717) is 0 Å². The molecular formula is C12H17NO2. The van der Waals surface area contributed by atoms with Gasteiger partial charge in [0.05, 0.1) is 5.69 Å². The molecule has 1 aliphatic heterocycles. The smallest absolute Gasteiger partial charge is 0.262 e. The van der Waals surface area contributed by atoms with Crippen molar-refractivity contribution in [2.45, 2.75) is 26.2 Å². The molecular weight excluding hydrogens is 190 g/mol. The number of carbonyl (C=O) groups is 1. The lowest BCUT2D eigenvalue weighted by molar-refractivity contribution is -0.118. The largest absolute Gasteiger partial charge is 0.482 e. The maximum Gasteiger partial charge on any atom is 0.262 e. The van der Waals surface area contributed by atoms with Crippen molar-refractivity contribution in [1.82, 2.24) is 0 Å². The molecule has 0 bridgehead atoms. The van der Waals surface area contributed by atoms with Crippen molar-refractivity contribution in [2.24, 2.45) is 0 Å². The Morgan fingerprint density at radius 2 is 2.13 bits per heavy atom. The number of fused-ring (bicyclic) bond motifs is 1. The first-order chi connectivity index (χ1) is 6.97. The van der Waals surface area contributed by atoms with Gasteiger partial charge in [-0.2, -0.15) is 0 Å². The highest BCUT2D eigenvalue weighted by molar-refractivity contribution is 5.95. The first-order valence-electron chi connectivity index (χ1n) is 5.04. The van der Waals surface area contributed by atoms with Crippen LogP contribution in [-0.2, 0) is 10.2 Å². The van der Waals surface area contributed by atoms with Gasteiger partial charge in [-0.05, 0) is 23.1 Å². The molecule has 1 N–H and O–H groups in total. The number of ether oxygens (including phenoxy) is 1. The molecule has 0 spiro atoms. The Bertz CT molecular complexity index is 410. The molecule has 0 fully saturated rings. The highest BCUT2D eigenvalue weighted by Gasteiger charge is 2.20. The SMILES string of the molecule is CC(C)(C)c1ccc2c(c1)NC(=O)CO2.[HH]. The van der Waals surface area contributed by atoms with Gasteiger partial charge in [-0.3, -0.25) is 4.79 Å². The lowest BCUT2D eigenvalue weighted by Crippen LogP contribution is -2.26. The fraction of sp³-hybridized carbons (Fsp3) is 0.417. The number of benzene rings is 1. The Morgan fingerprint density at radius 1 is 1.40 bits per heavy atom. The number of nitrogens with one attached hydrogen (secondary N) is 1. The number of hydrogen-bond acceptors (Lipinski definition) is 2. The van der Waals surface area contributed by atoms with Gasteiger partial charge in [0.25, 0.3) is 5.91 Å². The molecule has 3 nitrogen and oxygen atoms in total. The molecule has 0 unspecified atom stereocenters. The summed E-state index contributed by atoms with van der Waals surface area (Å²) < 4.78 is 5.29. The van der Waals surface area contributed by atoms with Crippen molar-refractivity contribution >= 4 is 11.6 Å². The van der Waals surface area contributed by atoms with Crippen LogP contribution in [0.5, 0.6) is 5.75 Å². The van der Waals surface area contributed by atoms with Crippen LogP contribution in [0.25, 0.3) is 0 Å². The van der Waals surface area contributed by atoms with E-state index in [1.54, 1.807) is 0 Å². The Kier molecular flexibility index (Phi) is 2.18. The summed E-state index contributed by atoms with van der Waals surface area (Å²) in [5, 5.41) is 2.81. The number of anilines is 1. The molecule has 0 radical (unpaired) electrons. The van der Waals surface area contributed by atoms with E-state index in [1.165, 1.54) is 5.56 Å². The second-order valence-electron chi connectivity index (χ2n) is 4.80. The van der Waals surface area contributed by atoms with Crippen molar-refractivity contribution in [3.05, 3.63) is 23.8 Å². The summed E-state index contributed by atoms with van der Waals surface area (Å²) in [6.45, 7) is 6.53. The van der Waals surface area contributed by atoms with Crippen LogP contribution in [0.1, 0.15) is 27.8 Å². The van der Waals surface area contributed by atoms with E-state index in [-0.39, 0.29) is 19.4 Å². The lowest BCUT2D eigenvalue weighted by Gasteiger charge is -2.23. The molecule has 1 heterocycles. The van der Waals surface area contributed by atoms with E-state index >= 15 is 0 Å². The Balaban J connectivity index is 0.00000128. The minimum absolute atomic E-state index is 0. The van der Waals surface area contributed by atoms with E-state index in [1.807, 2.05) is 18.2 Å². The van der Waals surface area contributed by atoms with E-state index < -0.39 is 0 Å². The summed E-state index contributed by atoms with van der Waals surface area (Å²) in [5.41, 5.74) is 2.04. The zero-order chi connectivity index (χ0) is 11.1. The van der Waals surface area contributed by atoms with E-state index in [2.05, 4.69) is 26.1 Å². The van der Waals surface area contributed by atoms with Gasteiger partial charge in [-0.15, -0.1) is 0 Å². The molecule has 1 aromatic rings. The van der Waals surface area contributed by atoms with Crippen molar-refractivity contribution in [1.29, 1.82) is 0 Å². The van der Waals surface area contributed by atoms with Crippen molar-refractivity contribution < 1.29 is 11.0 Å². The summed E-state index contributed by atoms with van der Waals surface area (Å²) in [6.07, 6.45) is 0. The summed E-state index contributed by atoms with van der Waals surface area (Å²) in [6, 6.07) is 5.93. The first-order valence-corrected chi connectivity index (χ1v) is 5.04. The van der Waals surface area contributed by atoms with Gasteiger partial charge in [0.2, 0.25) is 0 Å². The van der Waals surface area contributed by atoms with Gasteiger partial charge in [-0.25, -0.2) is 0 Å². The molecule has 0 saturated heterocycles. The summed E-state index contributed by atoms with van der Waals surface area (Å²) in [7, 11) is 0. The number of carbonyl (C=O) groups excluding carboxylic acids is 1. The summed E-state index contributed by atoms with van der Waals surface area (Å²) in [5.74, 6) is 0.663. The van der Waals surface area contributed by atoms with Gasteiger partial charge in [0.1, 0.15) is 5.75 Å². The highest BCUT2D eigenvalue weighted by atomic mass is 16.5. The predicted octanol–water partition coefficient (Wildman–Crippen LogP) is 2.56. The number of rotatable bonds is 0. The minimum atomic E-state index is -0.0893. The average molecular weight is 207 g/mol. The third-order valence-corrected chi connectivity index (χ3v) is 2.48. The first kappa shape index (κ1) is 10.0. The fourth-order valence-electron chi connectivity index (χ4n) is 1.55. The molecule has 0 saturated carbocycles. The predicted molar refractivity (Wildman–Crippen MR) is 61.4 cm³/mol. The second-order valence-corrected chi connectivity index (χ2v) is 4.80. The van der Waals surface area contributed by atoms with Crippen molar-refractivity contribution in [2.75, 3.05) is 11.9 Å². The molecule has 2 rings (SSSR count). The van der Waals surface area contributed by atoms with E-state index in [9.17, 15) is 4.79 Å². The van der Waals surface area contributed by atoms with Crippen LogP contribution >= 0.6 is 0 Å². The standard InChI is InChI=1S/C12H15NO2.H2/c1-12(2,3)8-4-5-10-9(6-8)13-11(14)7-15-10;/h4-6H,7H2,1-3H3,(H,13,14);1H. The molecule has 82 valence electrons. The van der Waals surface area contributed by atoms with Crippen LogP contribution in [0.3, 0.4) is 0 Å². The lowest BCUT2D eigenvalue weighted by atomic mass is 9.86. The Morgan fingerprint density at radius 3 is 2.80 bits per heavy atom. The molecule has 0 aromatic heterocycles. The molecule has 0 aliphatic carbocycles. The number of hydrogen-bond donors (Lipinski definition) is 1. The monoisotopic (exact) mass is 207 g/mol. The molecule has 3 heteroatoms. The molecule has 0 atom stereocenters. The van der Waals surface area contributed by atoms with Gasteiger partial charge < -0.3 is 10.1 Å². The highest BCUT2D eigenvalue weighted by Crippen LogP contribution is 2.32. The third kappa shape index (κ3) is 1.96. The van der Waals surface area contributed by atoms with Gasteiger partial charge in [0.15, 0.2) is 6.61 Å². The molecule has 1 aromatic carbocycles. The molecule has 1 aliphatic rings. The zero-order valence-electron chi connectivity index (χ0n) is 9.26. The van der Waals surface area contributed by atoms with Gasteiger partial charge in [-0.1, -0.05) is 26.8 Å². The van der Waals surface area contributed by atoms with Crippen LogP contribution in [0, 0.1) is 0 Å². The van der Waals surface area contributed by atoms with Crippen molar-refractivity contribution in [3.8, 4) is 5.75 Å². The quantitative estimate of drug-likeness (QED) is 0.710. The number of amides is 1. The Labute approximate surface area is 90.9 Å². The van der Waals surface area contributed by atoms with E-state index in [4.69, 9.17) is 4.74 Å². The van der Waals surface area contributed by atoms with Crippen LogP contribution in [0.4, 0.5) is 5.69 Å². The maximum atomic E-state index is 11.2. The minimum Gasteiger partial charge on any atom is -0.482 e. The second kappa shape index (κ2) is 3.26. The van der Waals surface area contributed by atoms with E-state index in [0.717, 1.165) is 11.4 Å².